The van der Waals surface area contributed by atoms with Gasteiger partial charge < -0.3 is 15.7 Å². The summed E-state index contributed by atoms with van der Waals surface area (Å²) in [6, 6.07) is 0.218. The number of aliphatic hydroxyl groups excluding tert-OH is 1. The van der Waals surface area contributed by atoms with Crippen molar-refractivity contribution in [3.8, 4) is 11.4 Å². The second-order valence-electron chi connectivity index (χ2n) is 6.44. The van der Waals surface area contributed by atoms with Crippen LogP contribution in [-0.4, -0.2) is 48.6 Å². The Balaban J connectivity index is 1.71. The van der Waals surface area contributed by atoms with E-state index in [1.54, 1.807) is 23.7 Å². The number of nitrogens with zero attached hydrogens (tertiary/aromatic N) is 5. The Labute approximate surface area is 149 Å². The van der Waals surface area contributed by atoms with Crippen LogP contribution in [0.5, 0.6) is 0 Å². The molecule has 2 unspecified atom stereocenters. The van der Waals surface area contributed by atoms with Crippen molar-refractivity contribution in [3.05, 3.63) is 36.3 Å². The Morgan fingerprint density at radius 3 is 2.96 bits per heavy atom. The average Bonchev–Trinajstić information content (AvgIpc) is 3.07. The van der Waals surface area contributed by atoms with Crippen LogP contribution < -0.4 is 10.6 Å². The third-order valence-electron chi connectivity index (χ3n) is 4.46. The molecule has 3 aromatic heterocycles. The Bertz CT molecular complexity index is 921. The number of aliphatic hydroxyl groups is 1. The summed E-state index contributed by atoms with van der Waals surface area (Å²) in [7, 11) is 0. The first kappa shape index (κ1) is 16.8. The van der Waals surface area contributed by atoms with Gasteiger partial charge in [0.25, 0.3) is 0 Å². The van der Waals surface area contributed by atoms with Crippen LogP contribution in [0.15, 0.2) is 24.8 Å². The van der Waals surface area contributed by atoms with Crippen LogP contribution >= 0.6 is 0 Å². The number of fused-ring (bicyclic) bond motifs is 1. The third kappa shape index (κ3) is 3.23. The predicted molar refractivity (Wildman–Crippen MR) is 94.1 cm³/mol. The van der Waals surface area contributed by atoms with Crippen molar-refractivity contribution in [1.29, 1.82) is 0 Å². The maximum atomic E-state index is 14.4. The molecule has 3 aromatic rings. The second kappa shape index (κ2) is 6.93. The van der Waals surface area contributed by atoms with Crippen LogP contribution in [-0.2, 0) is 0 Å². The standard InChI is InChI=1S/C17H20FN7O/c1-10(26)13-9-25-14(7-21-15(25)8-20-13)16-12(18)6-22-17(24-16)23-11-3-2-4-19-5-11/h6-11,19,26H,2-5H2,1H3,(H,22,23,24). The number of hydrogen-bond acceptors (Lipinski definition) is 7. The molecular formula is C17H20FN7O. The van der Waals surface area contributed by atoms with Gasteiger partial charge in [0.2, 0.25) is 5.95 Å². The van der Waals surface area contributed by atoms with E-state index < -0.39 is 11.9 Å². The molecule has 1 aliphatic rings. The van der Waals surface area contributed by atoms with E-state index in [-0.39, 0.29) is 11.7 Å². The van der Waals surface area contributed by atoms with Crippen molar-refractivity contribution in [2.75, 3.05) is 18.4 Å². The summed E-state index contributed by atoms with van der Waals surface area (Å²) >= 11 is 0. The molecule has 0 bridgehead atoms. The van der Waals surface area contributed by atoms with Crippen molar-refractivity contribution in [2.24, 2.45) is 0 Å². The number of imidazole rings is 1. The van der Waals surface area contributed by atoms with E-state index in [0.717, 1.165) is 32.1 Å². The Kier molecular flexibility index (Phi) is 4.48. The van der Waals surface area contributed by atoms with Crippen LogP contribution in [0, 0.1) is 5.82 Å². The average molecular weight is 357 g/mol. The summed E-state index contributed by atoms with van der Waals surface area (Å²) in [6.07, 6.45) is 7.24. The normalized spacial score (nSPS) is 18.8. The zero-order valence-corrected chi connectivity index (χ0v) is 14.4. The lowest BCUT2D eigenvalue weighted by molar-refractivity contribution is 0.194. The van der Waals surface area contributed by atoms with Gasteiger partial charge in [-0.15, -0.1) is 0 Å². The molecule has 3 N–H and O–H groups in total. The molecule has 9 heteroatoms. The summed E-state index contributed by atoms with van der Waals surface area (Å²) < 4.78 is 16.1. The molecule has 136 valence electrons. The maximum Gasteiger partial charge on any atom is 0.223 e. The molecule has 26 heavy (non-hydrogen) atoms. The first-order valence-electron chi connectivity index (χ1n) is 8.63. The minimum Gasteiger partial charge on any atom is -0.387 e. The molecule has 8 nitrogen and oxygen atoms in total. The molecule has 4 heterocycles. The number of hydrogen-bond donors (Lipinski definition) is 3. The van der Waals surface area contributed by atoms with E-state index in [4.69, 9.17) is 0 Å². The number of nitrogens with one attached hydrogen (secondary N) is 2. The van der Waals surface area contributed by atoms with E-state index in [1.807, 2.05) is 0 Å². The highest BCUT2D eigenvalue weighted by Gasteiger charge is 2.18. The molecule has 0 spiro atoms. The molecule has 4 rings (SSSR count). The maximum absolute atomic E-state index is 14.4. The highest BCUT2D eigenvalue weighted by molar-refractivity contribution is 5.61. The molecule has 1 aliphatic heterocycles. The topological polar surface area (TPSA) is 100 Å². The van der Waals surface area contributed by atoms with Gasteiger partial charge in [-0.3, -0.25) is 9.38 Å². The predicted octanol–water partition coefficient (Wildman–Crippen LogP) is 1.54. The van der Waals surface area contributed by atoms with Crippen molar-refractivity contribution in [1.82, 2.24) is 29.7 Å². The first-order valence-corrected chi connectivity index (χ1v) is 8.63. The fourth-order valence-corrected chi connectivity index (χ4v) is 3.07. The number of halogens is 1. The number of rotatable bonds is 4. The number of piperidine rings is 1. The zero-order valence-electron chi connectivity index (χ0n) is 14.4. The van der Waals surface area contributed by atoms with Crippen LogP contribution in [0.4, 0.5) is 10.3 Å². The van der Waals surface area contributed by atoms with Gasteiger partial charge in [-0.1, -0.05) is 0 Å². The van der Waals surface area contributed by atoms with Crippen molar-refractivity contribution in [2.45, 2.75) is 31.9 Å². The van der Waals surface area contributed by atoms with E-state index in [1.165, 1.54) is 6.20 Å². The van der Waals surface area contributed by atoms with Gasteiger partial charge in [-0.25, -0.2) is 19.3 Å². The summed E-state index contributed by atoms with van der Waals surface area (Å²) in [5.41, 5.74) is 1.65. The Morgan fingerprint density at radius 1 is 1.31 bits per heavy atom. The first-order chi connectivity index (χ1) is 12.6. The van der Waals surface area contributed by atoms with Crippen LogP contribution in [0.1, 0.15) is 31.6 Å². The largest absolute Gasteiger partial charge is 0.387 e. The van der Waals surface area contributed by atoms with Gasteiger partial charge >= 0.3 is 0 Å². The molecule has 1 fully saturated rings. The Hall–Kier alpha value is -2.65. The number of aromatic nitrogens is 5. The minimum atomic E-state index is -0.735. The van der Waals surface area contributed by atoms with Gasteiger partial charge in [0.15, 0.2) is 11.5 Å². The molecule has 0 amide bonds. The zero-order chi connectivity index (χ0) is 18.1. The molecule has 0 radical (unpaired) electrons. The third-order valence-corrected chi connectivity index (χ3v) is 4.46. The Morgan fingerprint density at radius 2 is 2.19 bits per heavy atom. The van der Waals surface area contributed by atoms with Crippen LogP contribution in [0.3, 0.4) is 0 Å². The van der Waals surface area contributed by atoms with E-state index in [0.29, 0.717) is 23.0 Å². The fraction of sp³-hybridized carbons (Fsp3) is 0.412. The monoisotopic (exact) mass is 357 g/mol. The lowest BCUT2D eigenvalue weighted by Gasteiger charge is -2.23. The van der Waals surface area contributed by atoms with E-state index in [9.17, 15) is 9.50 Å². The summed E-state index contributed by atoms with van der Waals surface area (Å²) in [5, 5.41) is 16.3. The second-order valence-corrected chi connectivity index (χ2v) is 6.44. The quantitative estimate of drug-likeness (QED) is 0.651. The molecule has 0 saturated carbocycles. The molecular weight excluding hydrogens is 337 g/mol. The van der Waals surface area contributed by atoms with Crippen molar-refractivity contribution in [3.63, 3.8) is 0 Å². The van der Waals surface area contributed by atoms with Crippen LogP contribution in [0.2, 0.25) is 0 Å². The highest BCUT2D eigenvalue weighted by Crippen LogP contribution is 2.24. The SMILES string of the molecule is CC(O)c1cn2c(-c3nc(NC4CCCNC4)ncc3F)cnc2cn1. The van der Waals surface area contributed by atoms with Crippen LogP contribution in [0.25, 0.3) is 17.0 Å². The summed E-state index contributed by atoms with van der Waals surface area (Å²) in [6.45, 7) is 3.46. The van der Waals surface area contributed by atoms with Crippen molar-refractivity contribution >= 4 is 11.6 Å². The van der Waals surface area contributed by atoms with Crippen molar-refractivity contribution < 1.29 is 9.50 Å². The van der Waals surface area contributed by atoms with Gasteiger partial charge in [0.05, 0.1) is 36.1 Å². The lowest BCUT2D eigenvalue weighted by atomic mass is 10.1. The van der Waals surface area contributed by atoms with Gasteiger partial charge in [0.1, 0.15) is 5.69 Å². The van der Waals surface area contributed by atoms with E-state index >= 15 is 0 Å². The number of anilines is 1. The summed E-state index contributed by atoms with van der Waals surface area (Å²) in [5.74, 6) is -0.149. The van der Waals surface area contributed by atoms with Gasteiger partial charge in [-0.05, 0) is 26.3 Å². The summed E-state index contributed by atoms with van der Waals surface area (Å²) in [4.78, 5) is 16.8. The highest BCUT2D eigenvalue weighted by atomic mass is 19.1. The molecule has 2 atom stereocenters. The fourth-order valence-electron chi connectivity index (χ4n) is 3.07. The molecule has 0 aromatic carbocycles. The van der Waals surface area contributed by atoms with Gasteiger partial charge in [-0.2, -0.15) is 0 Å². The molecule has 0 aliphatic carbocycles. The molecule has 1 saturated heterocycles. The van der Waals surface area contributed by atoms with E-state index in [2.05, 4.69) is 30.6 Å². The lowest BCUT2D eigenvalue weighted by Crippen LogP contribution is -2.38. The van der Waals surface area contributed by atoms with Gasteiger partial charge in [0, 0.05) is 18.8 Å². The minimum absolute atomic E-state index is 0.154. The smallest absolute Gasteiger partial charge is 0.223 e.